The average Bonchev–Trinajstić information content (AvgIpc) is 3.08. The van der Waals surface area contributed by atoms with Crippen molar-refractivity contribution in [1.29, 1.82) is 0 Å². The summed E-state index contributed by atoms with van der Waals surface area (Å²) in [5.74, 6) is 0.801. The molecule has 4 nitrogen and oxygen atoms in total. The van der Waals surface area contributed by atoms with Crippen molar-refractivity contribution in [3.8, 4) is 5.75 Å². The summed E-state index contributed by atoms with van der Waals surface area (Å²) in [5, 5.41) is 0.0848. The minimum absolute atomic E-state index is 0.0304. The minimum atomic E-state index is -3.77. The van der Waals surface area contributed by atoms with E-state index in [1.54, 1.807) is 11.8 Å². The Morgan fingerprint density at radius 2 is 1.88 bits per heavy atom. The third kappa shape index (κ3) is 3.13. The molecule has 128 valence electrons. The molecule has 0 radical (unpaired) electrons. The lowest BCUT2D eigenvalue weighted by atomic mass is 10.2. The van der Waals surface area contributed by atoms with Gasteiger partial charge in [0.15, 0.2) is 5.75 Å². The van der Waals surface area contributed by atoms with Crippen molar-refractivity contribution in [2.24, 2.45) is 0 Å². The Hall–Kier alpha value is -0.920. The fourth-order valence-electron chi connectivity index (χ4n) is 2.62. The Morgan fingerprint density at radius 3 is 2.54 bits per heavy atom. The second kappa shape index (κ2) is 7.14. The van der Waals surface area contributed by atoms with Crippen LogP contribution < -0.4 is 4.74 Å². The number of rotatable bonds is 4. The van der Waals surface area contributed by atoms with Crippen molar-refractivity contribution in [3.05, 3.63) is 58.1 Å². The van der Waals surface area contributed by atoms with Crippen LogP contribution in [0.5, 0.6) is 5.75 Å². The number of sulfonamides is 1. The Bertz CT molecular complexity index is 844. The molecule has 0 unspecified atom stereocenters. The van der Waals surface area contributed by atoms with Gasteiger partial charge in [0.1, 0.15) is 9.92 Å². The van der Waals surface area contributed by atoms with Gasteiger partial charge >= 0.3 is 0 Å². The van der Waals surface area contributed by atoms with Crippen molar-refractivity contribution < 1.29 is 13.2 Å². The van der Waals surface area contributed by atoms with Crippen LogP contribution >= 0.6 is 35.0 Å². The highest BCUT2D eigenvalue weighted by atomic mass is 35.5. The SMILES string of the molecule is COc1c(S(=O)(=O)N2CCS[C@H]2c2ccccc2)ccc(Cl)c1Cl. The molecule has 24 heavy (non-hydrogen) atoms. The summed E-state index contributed by atoms with van der Waals surface area (Å²) in [7, 11) is -2.39. The third-order valence-corrected chi connectivity index (χ3v) is 7.81. The van der Waals surface area contributed by atoms with Gasteiger partial charge in [-0.1, -0.05) is 53.5 Å². The zero-order valence-electron chi connectivity index (χ0n) is 12.8. The van der Waals surface area contributed by atoms with E-state index >= 15 is 0 Å². The van der Waals surface area contributed by atoms with Crippen LogP contribution in [0.1, 0.15) is 10.9 Å². The first-order chi connectivity index (χ1) is 11.5. The summed E-state index contributed by atoms with van der Waals surface area (Å²) in [6.07, 6.45) is 0. The molecule has 1 fully saturated rings. The molecule has 1 heterocycles. The quantitative estimate of drug-likeness (QED) is 0.756. The van der Waals surface area contributed by atoms with Crippen LogP contribution in [0.25, 0.3) is 0 Å². The van der Waals surface area contributed by atoms with Crippen LogP contribution in [0.4, 0.5) is 0 Å². The fraction of sp³-hybridized carbons (Fsp3) is 0.250. The van der Waals surface area contributed by atoms with E-state index < -0.39 is 10.0 Å². The molecule has 2 aromatic rings. The van der Waals surface area contributed by atoms with Gasteiger partial charge in [0.05, 0.1) is 17.5 Å². The Labute approximate surface area is 155 Å². The van der Waals surface area contributed by atoms with Gasteiger partial charge in [-0.3, -0.25) is 0 Å². The van der Waals surface area contributed by atoms with E-state index in [-0.39, 0.29) is 26.1 Å². The molecule has 0 spiro atoms. The number of ether oxygens (including phenoxy) is 1. The van der Waals surface area contributed by atoms with Crippen molar-refractivity contribution in [3.63, 3.8) is 0 Å². The van der Waals surface area contributed by atoms with Crippen LogP contribution in [-0.4, -0.2) is 32.1 Å². The van der Waals surface area contributed by atoms with Crippen LogP contribution in [0.15, 0.2) is 47.4 Å². The first-order valence-electron chi connectivity index (χ1n) is 7.17. The second-order valence-electron chi connectivity index (χ2n) is 5.14. The molecular weight excluding hydrogens is 389 g/mol. The largest absolute Gasteiger partial charge is 0.494 e. The highest BCUT2D eigenvalue weighted by Crippen LogP contribution is 2.45. The summed E-state index contributed by atoms with van der Waals surface area (Å²) < 4.78 is 33.1. The Kier molecular flexibility index (Phi) is 5.32. The monoisotopic (exact) mass is 403 g/mol. The van der Waals surface area contributed by atoms with E-state index in [1.807, 2.05) is 30.3 Å². The van der Waals surface area contributed by atoms with Crippen molar-refractivity contribution in [2.45, 2.75) is 10.3 Å². The molecule has 3 rings (SSSR count). The predicted octanol–water partition coefficient (Wildman–Crippen LogP) is 4.44. The maximum Gasteiger partial charge on any atom is 0.248 e. The third-order valence-electron chi connectivity index (χ3n) is 3.74. The van der Waals surface area contributed by atoms with Crippen LogP contribution in [0, 0.1) is 0 Å². The van der Waals surface area contributed by atoms with Crippen molar-refractivity contribution >= 4 is 45.0 Å². The fourth-order valence-corrected chi connectivity index (χ4v) is 6.46. The normalized spacial score (nSPS) is 18.7. The molecule has 0 amide bonds. The first kappa shape index (κ1) is 17.9. The van der Waals surface area contributed by atoms with Crippen molar-refractivity contribution in [1.82, 2.24) is 4.31 Å². The van der Waals surface area contributed by atoms with Crippen LogP contribution in [0.3, 0.4) is 0 Å². The van der Waals surface area contributed by atoms with Gasteiger partial charge in [-0.15, -0.1) is 11.8 Å². The van der Waals surface area contributed by atoms with Crippen LogP contribution in [0.2, 0.25) is 10.0 Å². The van der Waals surface area contributed by atoms with E-state index in [4.69, 9.17) is 27.9 Å². The summed E-state index contributed by atoms with van der Waals surface area (Å²) in [6.45, 7) is 0.427. The lowest BCUT2D eigenvalue weighted by Gasteiger charge is -2.24. The molecule has 0 saturated carbocycles. The summed E-state index contributed by atoms with van der Waals surface area (Å²) in [6, 6.07) is 12.5. The maximum absolute atomic E-state index is 13.2. The number of nitrogens with zero attached hydrogens (tertiary/aromatic N) is 1. The highest BCUT2D eigenvalue weighted by Gasteiger charge is 2.38. The van der Waals surface area contributed by atoms with E-state index in [2.05, 4.69) is 0 Å². The second-order valence-corrected chi connectivity index (χ2v) is 8.97. The lowest BCUT2D eigenvalue weighted by molar-refractivity contribution is 0.394. The molecule has 1 aliphatic heterocycles. The molecule has 0 aliphatic carbocycles. The lowest BCUT2D eigenvalue weighted by Crippen LogP contribution is -2.30. The Morgan fingerprint density at radius 1 is 1.17 bits per heavy atom. The molecule has 1 aliphatic rings. The van der Waals surface area contributed by atoms with Gasteiger partial charge in [-0.25, -0.2) is 8.42 Å². The van der Waals surface area contributed by atoms with Crippen LogP contribution in [-0.2, 0) is 10.0 Å². The molecule has 8 heteroatoms. The van der Waals surface area contributed by atoms with E-state index in [0.717, 1.165) is 11.3 Å². The number of benzene rings is 2. The standard InChI is InChI=1S/C16H15Cl2NO3S2/c1-22-15-13(8-7-12(17)14(15)18)24(20,21)19-9-10-23-16(19)11-5-3-2-4-6-11/h2-8,16H,9-10H2,1H3/t16-/m0/s1. The average molecular weight is 404 g/mol. The van der Waals surface area contributed by atoms with Gasteiger partial charge in [0.2, 0.25) is 10.0 Å². The van der Waals surface area contributed by atoms with Crippen molar-refractivity contribution in [2.75, 3.05) is 19.4 Å². The van der Waals surface area contributed by atoms with E-state index in [0.29, 0.717) is 6.54 Å². The number of methoxy groups -OCH3 is 1. The molecular formula is C16H15Cl2NO3S2. The zero-order chi connectivity index (χ0) is 17.3. The molecule has 1 atom stereocenters. The molecule has 0 aromatic heterocycles. The molecule has 0 N–H and O–H groups in total. The van der Waals surface area contributed by atoms with E-state index in [9.17, 15) is 8.42 Å². The smallest absolute Gasteiger partial charge is 0.248 e. The number of halogens is 2. The molecule has 2 aromatic carbocycles. The summed E-state index contributed by atoms with van der Waals surface area (Å²) >= 11 is 13.7. The predicted molar refractivity (Wildman–Crippen MR) is 98.5 cm³/mol. The van der Waals surface area contributed by atoms with Gasteiger partial charge < -0.3 is 4.74 Å². The van der Waals surface area contributed by atoms with Gasteiger partial charge in [0, 0.05) is 12.3 Å². The summed E-state index contributed by atoms with van der Waals surface area (Å²) in [5.41, 5.74) is 0.947. The molecule has 0 bridgehead atoms. The minimum Gasteiger partial charge on any atom is -0.494 e. The van der Waals surface area contributed by atoms with Gasteiger partial charge in [0.25, 0.3) is 0 Å². The first-order valence-corrected chi connectivity index (χ1v) is 10.4. The zero-order valence-corrected chi connectivity index (χ0v) is 15.9. The van der Waals surface area contributed by atoms with E-state index in [1.165, 1.54) is 23.5 Å². The topological polar surface area (TPSA) is 46.6 Å². The van der Waals surface area contributed by atoms with Gasteiger partial charge in [-0.2, -0.15) is 4.31 Å². The maximum atomic E-state index is 13.2. The number of thioether (sulfide) groups is 1. The highest BCUT2D eigenvalue weighted by molar-refractivity contribution is 8.01. The molecule has 1 saturated heterocycles. The Balaban J connectivity index is 2.06. The summed E-state index contributed by atoms with van der Waals surface area (Å²) in [4.78, 5) is 0.0304. The number of hydrogen-bond acceptors (Lipinski definition) is 4. The van der Waals surface area contributed by atoms with Gasteiger partial charge in [-0.05, 0) is 17.7 Å². The number of hydrogen-bond donors (Lipinski definition) is 0.